The number of rotatable bonds is 4. The van der Waals surface area contributed by atoms with E-state index in [0.717, 1.165) is 16.8 Å². The summed E-state index contributed by atoms with van der Waals surface area (Å²) >= 11 is 0. The number of carboxylic acids is 1. The van der Waals surface area contributed by atoms with Crippen molar-refractivity contribution in [2.75, 3.05) is 13.1 Å². The summed E-state index contributed by atoms with van der Waals surface area (Å²) in [6.45, 7) is 9.02. The van der Waals surface area contributed by atoms with Crippen molar-refractivity contribution in [1.29, 1.82) is 0 Å². The lowest BCUT2D eigenvalue weighted by Gasteiger charge is -2.18. The number of aryl methyl sites for hydroxylation is 3. The second kappa shape index (κ2) is 6.94. The second-order valence-electron chi connectivity index (χ2n) is 6.98. The van der Waals surface area contributed by atoms with E-state index in [9.17, 15) is 14.7 Å². The van der Waals surface area contributed by atoms with Crippen LogP contribution in [0, 0.1) is 26.7 Å². The van der Waals surface area contributed by atoms with Gasteiger partial charge in [0, 0.05) is 31.2 Å². The molecule has 6 nitrogen and oxygen atoms in total. The van der Waals surface area contributed by atoms with Crippen molar-refractivity contribution in [2.24, 2.45) is 5.92 Å². The zero-order chi connectivity index (χ0) is 19.0. The first-order valence-electron chi connectivity index (χ1n) is 8.96. The van der Waals surface area contributed by atoms with E-state index < -0.39 is 11.9 Å². The number of hydrogen-bond donors (Lipinski definition) is 1. The molecule has 6 heteroatoms. The van der Waals surface area contributed by atoms with Crippen LogP contribution in [0.25, 0.3) is 0 Å². The van der Waals surface area contributed by atoms with Crippen molar-refractivity contribution < 1.29 is 14.7 Å². The summed E-state index contributed by atoms with van der Waals surface area (Å²) in [5.74, 6) is -1.77. The number of carbonyl (C=O) groups excluding carboxylic acids is 1. The molecule has 0 aliphatic carbocycles. The Bertz CT molecular complexity index is 856. The molecule has 1 aliphatic heterocycles. The average molecular weight is 355 g/mol. The van der Waals surface area contributed by atoms with Gasteiger partial charge in [-0.2, -0.15) is 5.10 Å². The van der Waals surface area contributed by atoms with E-state index in [4.69, 9.17) is 0 Å². The van der Waals surface area contributed by atoms with Gasteiger partial charge in [-0.1, -0.05) is 24.3 Å². The maximum Gasteiger partial charge on any atom is 0.308 e. The highest BCUT2D eigenvalue weighted by molar-refractivity contribution is 5.97. The van der Waals surface area contributed by atoms with Gasteiger partial charge in [-0.05, 0) is 38.8 Å². The van der Waals surface area contributed by atoms with Crippen LogP contribution in [0.3, 0.4) is 0 Å². The van der Waals surface area contributed by atoms with Crippen molar-refractivity contribution in [3.8, 4) is 0 Å². The normalized spacial score (nSPS) is 19.8. The minimum atomic E-state index is -0.855. The zero-order valence-corrected chi connectivity index (χ0v) is 15.7. The van der Waals surface area contributed by atoms with E-state index in [1.807, 2.05) is 56.6 Å². The topological polar surface area (TPSA) is 75.4 Å². The van der Waals surface area contributed by atoms with Crippen LogP contribution in [0.1, 0.15) is 45.7 Å². The first-order valence-corrected chi connectivity index (χ1v) is 8.96. The molecule has 0 radical (unpaired) electrons. The standard InChI is InChI=1S/C20H25N3O3/c1-5-23-14(4)18(13(3)21-23)19(24)22-10-16(17(11-22)20(25)26)15-9-7-6-8-12(15)2/h6-9,16-17H,5,10-11H2,1-4H3,(H,25,26). The molecular formula is C20H25N3O3. The molecule has 3 rings (SSSR count). The number of benzene rings is 1. The molecule has 138 valence electrons. The molecule has 2 aromatic rings. The van der Waals surface area contributed by atoms with Gasteiger partial charge >= 0.3 is 5.97 Å². The molecule has 0 saturated carbocycles. The third-order valence-electron chi connectivity index (χ3n) is 5.41. The van der Waals surface area contributed by atoms with Gasteiger partial charge in [0.15, 0.2) is 0 Å². The summed E-state index contributed by atoms with van der Waals surface area (Å²) in [4.78, 5) is 26.6. The molecule has 1 saturated heterocycles. The number of carboxylic acid groups (broad SMARTS) is 1. The SMILES string of the molecule is CCn1nc(C)c(C(=O)N2CC(C(=O)O)C(c3ccccc3C)C2)c1C. The van der Waals surface area contributed by atoms with Crippen LogP contribution in [0.5, 0.6) is 0 Å². The lowest BCUT2D eigenvalue weighted by atomic mass is 9.86. The molecule has 0 spiro atoms. The Kier molecular flexibility index (Phi) is 4.85. The van der Waals surface area contributed by atoms with Gasteiger partial charge in [-0.15, -0.1) is 0 Å². The van der Waals surface area contributed by atoms with Crippen LogP contribution in [0.15, 0.2) is 24.3 Å². The molecule has 1 aliphatic rings. The number of likely N-dealkylation sites (tertiary alicyclic amines) is 1. The van der Waals surface area contributed by atoms with Gasteiger partial charge < -0.3 is 10.0 Å². The Morgan fingerprint density at radius 3 is 2.46 bits per heavy atom. The number of aliphatic carboxylic acids is 1. The quantitative estimate of drug-likeness (QED) is 0.915. The number of hydrogen-bond acceptors (Lipinski definition) is 3. The monoisotopic (exact) mass is 355 g/mol. The molecule has 26 heavy (non-hydrogen) atoms. The zero-order valence-electron chi connectivity index (χ0n) is 15.7. The van der Waals surface area contributed by atoms with Gasteiger partial charge in [-0.3, -0.25) is 14.3 Å². The van der Waals surface area contributed by atoms with E-state index in [-0.39, 0.29) is 18.4 Å². The van der Waals surface area contributed by atoms with Gasteiger partial charge in [-0.25, -0.2) is 0 Å². The summed E-state index contributed by atoms with van der Waals surface area (Å²) in [6.07, 6.45) is 0. The molecule has 1 amide bonds. The van der Waals surface area contributed by atoms with Crippen LogP contribution < -0.4 is 0 Å². The molecule has 1 aromatic heterocycles. The minimum Gasteiger partial charge on any atom is -0.481 e. The van der Waals surface area contributed by atoms with Crippen molar-refractivity contribution >= 4 is 11.9 Å². The Morgan fingerprint density at radius 2 is 1.88 bits per heavy atom. The lowest BCUT2D eigenvalue weighted by molar-refractivity contribution is -0.141. The Hall–Kier alpha value is -2.63. The first-order chi connectivity index (χ1) is 12.3. The second-order valence-corrected chi connectivity index (χ2v) is 6.98. The van der Waals surface area contributed by atoms with E-state index >= 15 is 0 Å². The van der Waals surface area contributed by atoms with Gasteiger partial charge in [0.05, 0.1) is 17.2 Å². The first kappa shape index (κ1) is 18.2. The van der Waals surface area contributed by atoms with E-state index in [1.165, 1.54) is 0 Å². The fourth-order valence-electron chi connectivity index (χ4n) is 4.01. The highest BCUT2D eigenvalue weighted by Gasteiger charge is 2.42. The summed E-state index contributed by atoms with van der Waals surface area (Å²) < 4.78 is 1.81. The molecule has 1 aromatic carbocycles. The number of amides is 1. The lowest BCUT2D eigenvalue weighted by Crippen LogP contribution is -2.30. The Morgan fingerprint density at radius 1 is 1.19 bits per heavy atom. The van der Waals surface area contributed by atoms with Crippen LogP contribution in [0.4, 0.5) is 0 Å². The third kappa shape index (κ3) is 3.00. The molecule has 2 atom stereocenters. The predicted octanol–water partition coefficient (Wildman–Crippen LogP) is 2.77. The average Bonchev–Trinajstić information content (AvgIpc) is 3.16. The largest absolute Gasteiger partial charge is 0.481 e. The van der Waals surface area contributed by atoms with Gasteiger partial charge in [0.2, 0.25) is 0 Å². The number of carbonyl (C=O) groups is 2. The van der Waals surface area contributed by atoms with E-state index in [1.54, 1.807) is 4.90 Å². The van der Waals surface area contributed by atoms with Crippen molar-refractivity contribution in [3.63, 3.8) is 0 Å². The summed E-state index contributed by atoms with van der Waals surface area (Å²) in [7, 11) is 0. The van der Waals surface area contributed by atoms with Crippen molar-refractivity contribution in [3.05, 3.63) is 52.3 Å². The molecule has 0 bridgehead atoms. The molecule has 1 fully saturated rings. The highest BCUT2D eigenvalue weighted by atomic mass is 16.4. The number of aromatic nitrogens is 2. The minimum absolute atomic E-state index is 0.123. The summed E-state index contributed by atoms with van der Waals surface area (Å²) in [5, 5.41) is 14.1. The molecule has 2 unspecified atom stereocenters. The van der Waals surface area contributed by atoms with Gasteiger partial charge in [0.1, 0.15) is 0 Å². The third-order valence-corrected chi connectivity index (χ3v) is 5.41. The van der Waals surface area contributed by atoms with Crippen molar-refractivity contribution in [2.45, 2.75) is 40.2 Å². The van der Waals surface area contributed by atoms with Crippen molar-refractivity contribution in [1.82, 2.24) is 14.7 Å². The summed E-state index contributed by atoms with van der Waals surface area (Å²) in [5.41, 5.74) is 4.19. The van der Waals surface area contributed by atoms with Crippen LogP contribution in [-0.2, 0) is 11.3 Å². The fourth-order valence-corrected chi connectivity index (χ4v) is 4.01. The van der Waals surface area contributed by atoms with Crippen LogP contribution >= 0.6 is 0 Å². The fraction of sp³-hybridized carbons (Fsp3) is 0.450. The predicted molar refractivity (Wildman–Crippen MR) is 98.3 cm³/mol. The smallest absolute Gasteiger partial charge is 0.308 e. The number of nitrogens with zero attached hydrogens (tertiary/aromatic N) is 3. The van der Waals surface area contributed by atoms with Crippen LogP contribution in [0.2, 0.25) is 0 Å². The van der Waals surface area contributed by atoms with Gasteiger partial charge in [0.25, 0.3) is 5.91 Å². The Labute approximate surface area is 153 Å². The maximum atomic E-state index is 13.1. The molecular weight excluding hydrogens is 330 g/mol. The molecule has 2 heterocycles. The summed E-state index contributed by atoms with van der Waals surface area (Å²) in [6, 6.07) is 7.82. The van der Waals surface area contributed by atoms with E-state index in [2.05, 4.69) is 5.10 Å². The molecule has 1 N–H and O–H groups in total. The highest BCUT2D eigenvalue weighted by Crippen LogP contribution is 2.35. The van der Waals surface area contributed by atoms with E-state index in [0.29, 0.717) is 24.3 Å². The Balaban J connectivity index is 1.93. The van der Waals surface area contributed by atoms with Crippen LogP contribution in [-0.4, -0.2) is 44.8 Å². The maximum absolute atomic E-state index is 13.1.